The van der Waals surface area contributed by atoms with Gasteiger partial charge in [-0.2, -0.15) is 0 Å². The van der Waals surface area contributed by atoms with Crippen molar-refractivity contribution in [3.05, 3.63) is 265 Å². The van der Waals surface area contributed by atoms with Crippen LogP contribution in [0.25, 0.3) is 60.5 Å². The van der Waals surface area contributed by atoms with E-state index in [1.807, 2.05) is 6.92 Å². The first-order valence-electron chi connectivity index (χ1n) is 21.4. The van der Waals surface area contributed by atoms with Crippen LogP contribution in [0, 0.1) is 0 Å². The van der Waals surface area contributed by atoms with Gasteiger partial charge in [0.05, 0.1) is 16.4 Å². The monoisotopic (exact) mass is 792 g/mol. The Bertz CT molecular complexity index is 3310. The minimum atomic E-state index is -0.563. The topological polar surface area (TPSA) is 8.17 Å². The van der Waals surface area contributed by atoms with Crippen LogP contribution in [0.5, 0.6) is 0 Å². The number of hydrogen-bond acceptors (Lipinski definition) is 1. The first kappa shape index (κ1) is 37.1. The van der Waals surface area contributed by atoms with E-state index in [2.05, 4.69) is 246 Å². The molecule has 0 fully saturated rings. The van der Waals surface area contributed by atoms with Gasteiger partial charge in [0.15, 0.2) is 0 Å². The van der Waals surface area contributed by atoms with Crippen LogP contribution >= 0.6 is 0 Å². The molecule has 0 saturated heterocycles. The van der Waals surface area contributed by atoms with Gasteiger partial charge in [0.2, 0.25) is 0 Å². The zero-order valence-electron chi connectivity index (χ0n) is 34.6. The lowest BCUT2D eigenvalue weighted by atomic mass is 9.67. The summed E-state index contributed by atoms with van der Waals surface area (Å²) in [4.78, 5) is 2.40. The Morgan fingerprint density at radius 2 is 1.05 bits per heavy atom. The maximum atomic E-state index is 4.80. The highest BCUT2D eigenvalue weighted by Crippen LogP contribution is 2.56. The first-order chi connectivity index (χ1) is 30.6. The maximum Gasteiger partial charge on any atom is 0.0707 e. The average molecular weight is 793 g/mol. The maximum absolute atomic E-state index is 4.80. The highest BCUT2D eigenvalue weighted by molar-refractivity contribution is 6.10. The molecule has 11 rings (SSSR count). The summed E-state index contributed by atoms with van der Waals surface area (Å²) >= 11 is 0. The fourth-order valence-electron chi connectivity index (χ4n) is 10.0. The number of allylic oxidation sites excluding steroid dienone is 5. The molecule has 0 bridgehead atoms. The lowest BCUT2D eigenvalue weighted by Crippen LogP contribution is -2.28. The second-order valence-electron chi connectivity index (χ2n) is 16.1. The molecule has 294 valence electrons. The Labute approximate surface area is 363 Å². The summed E-state index contributed by atoms with van der Waals surface area (Å²) in [5.41, 5.74) is 15.8. The minimum Gasteiger partial charge on any atom is -0.310 e. The third kappa shape index (κ3) is 5.87. The number of fused-ring (bicyclic) bond motifs is 7. The third-order valence-corrected chi connectivity index (χ3v) is 12.7. The van der Waals surface area contributed by atoms with Crippen molar-refractivity contribution in [2.45, 2.75) is 12.3 Å². The lowest BCUT2D eigenvalue weighted by molar-refractivity contribution is 0.770. The van der Waals surface area contributed by atoms with E-state index in [0.29, 0.717) is 0 Å². The van der Waals surface area contributed by atoms with Crippen LogP contribution in [-0.2, 0) is 5.41 Å². The number of rotatable bonds is 9. The Kier molecular flexibility index (Phi) is 9.13. The standard InChI is InChI=1S/C60H44N2/c1-3-4-6-18-42(2)60(56-28-14-11-24-52(56)53-25-12-15-29-57(53)60)45-33-37-48(38-34-45)61(47-35-31-44(32-36-47)51-27-17-20-43-19-9-10-23-50(43)51)49-39-40-59-55(41-49)54-26-13-16-30-58(54)62(59)46-21-7-5-8-22-46/h3-41H,2H2,1H3/b4-3-,18-6-. The first-order valence-corrected chi connectivity index (χ1v) is 21.4. The normalized spacial score (nSPS) is 13.0. The second-order valence-corrected chi connectivity index (χ2v) is 16.1. The molecule has 62 heavy (non-hydrogen) atoms. The predicted molar refractivity (Wildman–Crippen MR) is 263 cm³/mol. The van der Waals surface area contributed by atoms with E-state index in [4.69, 9.17) is 6.58 Å². The highest BCUT2D eigenvalue weighted by Gasteiger charge is 2.45. The van der Waals surface area contributed by atoms with Gasteiger partial charge in [-0.3, -0.25) is 0 Å². The van der Waals surface area contributed by atoms with Gasteiger partial charge >= 0.3 is 0 Å². The molecule has 0 unspecified atom stereocenters. The summed E-state index contributed by atoms with van der Waals surface area (Å²) < 4.78 is 2.38. The van der Waals surface area contributed by atoms with E-state index in [9.17, 15) is 0 Å². The molecule has 1 heterocycles. The molecule has 1 aromatic heterocycles. The van der Waals surface area contributed by atoms with Crippen molar-refractivity contribution in [2.75, 3.05) is 4.90 Å². The molecule has 0 radical (unpaired) electrons. The number of anilines is 3. The number of benzene rings is 9. The van der Waals surface area contributed by atoms with Crippen molar-refractivity contribution in [2.24, 2.45) is 0 Å². The molecule has 2 nitrogen and oxygen atoms in total. The van der Waals surface area contributed by atoms with E-state index < -0.39 is 5.41 Å². The van der Waals surface area contributed by atoms with Crippen LogP contribution in [0.1, 0.15) is 23.6 Å². The van der Waals surface area contributed by atoms with Gasteiger partial charge < -0.3 is 9.47 Å². The minimum absolute atomic E-state index is 0.563. The molecular formula is C60H44N2. The van der Waals surface area contributed by atoms with E-state index in [1.54, 1.807) is 0 Å². The van der Waals surface area contributed by atoms with Crippen LogP contribution in [-0.4, -0.2) is 4.57 Å². The number of nitrogens with zero attached hydrogens (tertiary/aromatic N) is 2. The van der Waals surface area contributed by atoms with Crippen molar-refractivity contribution in [3.63, 3.8) is 0 Å². The lowest BCUT2D eigenvalue weighted by Gasteiger charge is -2.34. The van der Waals surface area contributed by atoms with Crippen LogP contribution in [0.3, 0.4) is 0 Å². The summed E-state index contributed by atoms with van der Waals surface area (Å²) in [6.45, 7) is 6.85. The summed E-state index contributed by atoms with van der Waals surface area (Å²) in [7, 11) is 0. The molecule has 0 amide bonds. The summed E-state index contributed by atoms with van der Waals surface area (Å²) in [6.07, 6.45) is 8.42. The molecule has 0 spiro atoms. The van der Waals surface area contributed by atoms with Gasteiger partial charge in [-0.05, 0) is 123 Å². The molecule has 0 N–H and O–H groups in total. The molecular weight excluding hydrogens is 749 g/mol. The van der Waals surface area contributed by atoms with E-state index >= 15 is 0 Å². The SMILES string of the molecule is C=C(/C=C\C=C/C)C1(c2ccc(N(c3ccc(-c4cccc5ccccc45)cc3)c3ccc4c(c3)c3ccccc3n4-c3ccccc3)cc2)c2ccccc2-c2ccccc21. The fraction of sp³-hybridized carbons (Fsp3) is 0.0333. The van der Waals surface area contributed by atoms with Crippen LogP contribution in [0.2, 0.25) is 0 Å². The smallest absolute Gasteiger partial charge is 0.0707 e. The van der Waals surface area contributed by atoms with Crippen molar-refractivity contribution >= 4 is 49.6 Å². The van der Waals surface area contributed by atoms with Crippen LogP contribution < -0.4 is 4.90 Å². The molecule has 2 heteroatoms. The van der Waals surface area contributed by atoms with Crippen molar-refractivity contribution in [3.8, 4) is 27.9 Å². The van der Waals surface area contributed by atoms with Crippen molar-refractivity contribution in [1.29, 1.82) is 0 Å². The zero-order chi connectivity index (χ0) is 41.6. The Morgan fingerprint density at radius 1 is 0.484 bits per heavy atom. The van der Waals surface area contributed by atoms with Crippen molar-refractivity contribution < 1.29 is 0 Å². The van der Waals surface area contributed by atoms with Gasteiger partial charge in [-0.15, -0.1) is 0 Å². The number of para-hydroxylation sites is 2. The highest BCUT2D eigenvalue weighted by atomic mass is 15.1. The number of hydrogen-bond donors (Lipinski definition) is 0. The van der Waals surface area contributed by atoms with Gasteiger partial charge in [-0.1, -0.05) is 183 Å². The number of aromatic nitrogens is 1. The van der Waals surface area contributed by atoms with E-state index in [1.165, 1.54) is 71.5 Å². The molecule has 1 aliphatic carbocycles. The molecule has 9 aromatic carbocycles. The summed E-state index contributed by atoms with van der Waals surface area (Å²) in [5.74, 6) is 0. The van der Waals surface area contributed by atoms with Gasteiger partial charge in [0.25, 0.3) is 0 Å². The van der Waals surface area contributed by atoms with Gasteiger partial charge in [0.1, 0.15) is 0 Å². The molecule has 10 aromatic rings. The summed E-state index contributed by atoms with van der Waals surface area (Å²) in [5, 5.41) is 4.92. The largest absolute Gasteiger partial charge is 0.310 e. The van der Waals surface area contributed by atoms with Gasteiger partial charge in [0, 0.05) is 33.5 Å². The van der Waals surface area contributed by atoms with E-state index in [-0.39, 0.29) is 0 Å². The third-order valence-electron chi connectivity index (χ3n) is 12.7. The van der Waals surface area contributed by atoms with Crippen molar-refractivity contribution in [1.82, 2.24) is 4.57 Å². The molecule has 0 saturated carbocycles. The molecule has 1 aliphatic rings. The van der Waals surface area contributed by atoms with Gasteiger partial charge in [-0.25, -0.2) is 0 Å². The molecule has 0 aliphatic heterocycles. The molecule has 0 atom stereocenters. The Hall–Kier alpha value is -7.94. The quantitative estimate of drug-likeness (QED) is 0.132. The predicted octanol–water partition coefficient (Wildman–Crippen LogP) is 16.1. The Balaban J connectivity index is 1.09. The van der Waals surface area contributed by atoms with E-state index in [0.717, 1.165) is 28.3 Å². The summed E-state index contributed by atoms with van der Waals surface area (Å²) in [6, 6.07) is 77.5. The zero-order valence-corrected chi connectivity index (χ0v) is 34.6. The Morgan fingerprint density at radius 3 is 1.77 bits per heavy atom. The second kappa shape index (κ2) is 15.3. The van der Waals surface area contributed by atoms with Crippen LogP contribution in [0.4, 0.5) is 17.1 Å². The van der Waals surface area contributed by atoms with Crippen LogP contribution in [0.15, 0.2) is 249 Å². The fourth-order valence-corrected chi connectivity index (χ4v) is 10.0. The average Bonchev–Trinajstić information content (AvgIpc) is 3.83.